The van der Waals surface area contributed by atoms with Crippen LogP contribution in [0.1, 0.15) is 52.1 Å². The molecule has 0 amide bonds. The van der Waals surface area contributed by atoms with Gasteiger partial charge in [0, 0.05) is 12.6 Å². The summed E-state index contributed by atoms with van der Waals surface area (Å²) in [5.41, 5.74) is -0.944. The van der Waals surface area contributed by atoms with Gasteiger partial charge in [-0.25, -0.2) is 0 Å². The first-order chi connectivity index (χ1) is 8.31. The van der Waals surface area contributed by atoms with Crippen molar-refractivity contribution in [2.75, 3.05) is 6.54 Å². The van der Waals surface area contributed by atoms with E-state index in [1.165, 1.54) is 6.42 Å². The molecule has 1 heterocycles. The fourth-order valence-corrected chi connectivity index (χ4v) is 1.87. The van der Waals surface area contributed by atoms with E-state index in [4.69, 9.17) is 4.42 Å². The van der Waals surface area contributed by atoms with Gasteiger partial charge in [0.2, 0.25) is 0 Å². The van der Waals surface area contributed by atoms with E-state index in [0.717, 1.165) is 18.1 Å². The van der Waals surface area contributed by atoms with Gasteiger partial charge >= 0.3 is 0 Å². The standard InChI is InChI=1S/C15H27NO2/c1-11(2)6-7-12(3)16-10-15(5,17)14-9-8-13(4)18-14/h8-9,11-12,16-17H,6-7,10H2,1-5H3. The van der Waals surface area contributed by atoms with Gasteiger partial charge in [-0.05, 0) is 51.7 Å². The average Bonchev–Trinajstić information content (AvgIpc) is 2.71. The van der Waals surface area contributed by atoms with E-state index in [1.54, 1.807) is 6.92 Å². The van der Waals surface area contributed by atoms with Gasteiger partial charge in [0.15, 0.2) is 0 Å². The van der Waals surface area contributed by atoms with E-state index in [-0.39, 0.29) is 0 Å². The van der Waals surface area contributed by atoms with Crippen molar-refractivity contribution >= 4 is 0 Å². The number of aliphatic hydroxyl groups is 1. The largest absolute Gasteiger partial charge is 0.463 e. The Bertz CT molecular complexity index is 355. The average molecular weight is 253 g/mol. The molecule has 0 saturated carbocycles. The molecule has 2 unspecified atom stereocenters. The number of furan rings is 1. The highest BCUT2D eigenvalue weighted by molar-refractivity contribution is 5.12. The lowest BCUT2D eigenvalue weighted by atomic mass is 10.0. The van der Waals surface area contributed by atoms with Crippen LogP contribution in [0.3, 0.4) is 0 Å². The fourth-order valence-electron chi connectivity index (χ4n) is 1.87. The Morgan fingerprint density at radius 3 is 2.44 bits per heavy atom. The SMILES string of the molecule is Cc1ccc(C(C)(O)CNC(C)CCC(C)C)o1. The molecule has 0 aliphatic rings. The van der Waals surface area contributed by atoms with Crippen molar-refractivity contribution in [2.24, 2.45) is 5.92 Å². The highest BCUT2D eigenvalue weighted by atomic mass is 16.4. The predicted molar refractivity (Wildman–Crippen MR) is 74.6 cm³/mol. The van der Waals surface area contributed by atoms with Crippen LogP contribution < -0.4 is 5.32 Å². The Hall–Kier alpha value is -0.800. The minimum atomic E-state index is -0.944. The molecule has 2 N–H and O–H groups in total. The van der Waals surface area contributed by atoms with Crippen LogP contribution in [-0.4, -0.2) is 17.7 Å². The topological polar surface area (TPSA) is 45.4 Å². The summed E-state index contributed by atoms with van der Waals surface area (Å²) >= 11 is 0. The zero-order valence-corrected chi connectivity index (χ0v) is 12.3. The molecule has 3 heteroatoms. The van der Waals surface area contributed by atoms with Crippen molar-refractivity contribution in [1.82, 2.24) is 5.32 Å². The number of hydrogen-bond acceptors (Lipinski definition) is 3. The molecule has 18 heavy (non-hydrogen) atoms. The normalized spacial score (nSPS) is 16.8. The van der Waals surface area contributed by atoms with Crippen molar-refractivity contribution in [1.29, 1.82) is 0 Å². The molecule has 1 rings (SSSR count). The molecule has 0 aromatic carbocycles. The third kappa shape index (κ3) is 4.83. The van der Waals surface area contributed by atoms with Crippen molar-refractivity contribution in [3.05, 3.63) is 23.7 Å². The Morgan fingerprint density at radius 1 is 1.28 bits per heavy atom. The van der Waals surface area contributed by atoms with Crippen molar-refractivity contribution in [3.63, 3.8) is 0 Å². The number of aryl methyl sites for hydroxylation is 1. The second kappa shape index (κ2) is 6.39. The van der Waals surface area contributed by atoms with Crippen molar-refractivity contribution < 1.29 is 9.52 Å². The molecule has 0 aliphatic carbocycles. The quantitative estimate of drug-likeness (QED) is 0.784. The summed E-state index contributed by atoms with van der Waals surface area (Å²) in [5.74, 6) is 2.18. The van der Waals surface area contributed by atoms with Gasteiger partial charge < -0.3 is 14.8 Å². The van der Waals surface area contributed by atoms with E-state index in [1.807, 2.05) is 19.1 Å². The lowest BCUT2D eigenvalue weighted by molar-refractivity contribution is 0.0309. The Morgan fingerprint density at radius 2 is 1.94 bits per heavy atom. The van der Waals surface area contributed by atoms with E-state index in [2.05, 4.69) is 26.1 Å². The van der Waals surface area contributed by atoms with Gasteiger partial charge in [-0.15, -0.1) is 0 Å². The summed E-state index contributed by atoms with van der Waals surface area (Å²) in [4.78, 5) is 0. The van der Waals surface area contributed by atoms with Crippen LogP contribution in [0.2, 0.25) is 0 Å². The van der Waals surface area contributed by atoms with E-state index in [0.29, 0.717) is 18.3 Å². The summed E-state index contributed by atoms with van der Waals surface area (Å²) in [6.07, 6.45) is 2.33. The summed E-state index contributed by atoms with van der Waals surface area (Å²) in [6.45, 7) is 10.8. The Labute approximate surface area is 111 Å². The molecule has 0 spiro atoms. The maximum Gasteiger partial charge on any atom is 0.136 e. The van der Waals surface area contributed by atoms with Crippen LogP contribution in [0.5, 0.6) is 0 Å². The maximum atomic E-state index is 10.4. The number of rotatable bonds is 7. The summed E-state index contributed by atoms with van der Waals surface area (Å²) in [5, 5.41) is 13.7. The molecule has 0 fully saturated rings. The van der Waals surface area contributed by atoms with Crippen LogP contribution in [0.4, 0.5) is 0 Å². The molecule has 3 nitrogen and oxygen atoms in total. The second-order valence-electron chi connectivity index (χ2n) is 5.94. The van der Waals surface area contributed by atoms with Crippen LogP contribution in [-0.2, 0) is 5.60 Å². The maximum absolute atomic E-state index is 10.4. The van der Waals surface area contributed by atoms with Gasteiger partial charge in [0.25, 0.3) is 0 Å². The second-order valence-corrected chi connectivity index (χ2v) is 5.94. The molecule has 2 atom stereocenters. The summed E-state index contributed by atoms with van der Waals surface area (Å²) in [6, 6.07) is 4.14. The zero-order chi connectivity index (χ0) is 13.8. The van der Waals surface area contributed by atoms with Crippen LogP contribution in [0.25, 0.3) is 0 Å². The van der Waals surface area contributed by atoms with Gasteiger partial charge in [-0.2, -0.15) is 0 Å². The predicted octanol–water partition coefficient (Wildman–Crippen LogP) is 3.21. The van der Waals surface area contributed by atoms with Gasteiger partial charge in [0.05, 0.1) is 0 Å². The minimum Gasteiger partial charge on any atom is -0.463 e. The van der Waals surface area contributed by atoms with E-state index in [9.17, 15) is 5.11 Å². The van der Waals surface area contributed by atoms with Crippen molar-refractivity contribution in [2.45, 2.75) is 59.1 Å². The molecule has 0 radical (unpaired) electrons. The smallest absolute Gasteiger partial charge is 0.136 e. The van der Waals surface area contributed by atoms with Gasteiger partial charge in [0.1, 0.15) is 17.1 Å². The van der Waals surface area contributed by atoms with Crippen molar-refractivity contribution in [3.8, 4) is 0 Å². The molecule has 0 saturated heterocycles. The monoisotopic (exact) mass is 253 g/mol. The third-order valence-electron chi connectivity index (χ3n) is 3.24. The molecule has 1 aromatic heterocycles. The minimum absolute atomic E-state index is 0.412. The molecule has 1 aromatic rings. The molecular formula is C15H27NO2. The van der Waals surface area contributed by atoms with E-state index < -0.39 is 5.60 Å². The van der Waals surface area contributed by atoms with Crippen LogP contribution in [0, 0.1) is 12.8 Å². The van der Waals surface area contributed by atoms with E-state index >= 15 is 0 Å². The first kappa shape index (κ1) is 15.3. The molecule has 104 valence electrons. The number of nitrogens with one attached hydrogen (secondary N) is 1. The first-order valence-corrected chi connectivity index (χ1v) is 6.84. The van der Waals surface area contributed by atoms with Crippen LogP contribution in [0.15, 0.2) is 16.5 Å². The lowest BCUT2D eigenvalue weighted by Gasteiger charge is -2.24. The molecule has 0 aliphatic heterocycles. The third-order valence-corrected chi connectivity index (χ3v) is 3.24. The van der Waals surface area contributed by atoms with Gasteiger partial charge in [-0.3, -0.25) is 0 Å². The number of hydrogen-bond donors (Lipinski definition) is 2. The Kier molecular flexibility index (Phi) is 5.42. The summed E-state index contributed by atoms with van der Waals surface area (Å²) in [7, 11) is 0. The highest BCUT2D eigenvalue weighted by Crippen LogP contribution is 2.22. The van der Waals surface area contributed by atoms with Gasteiger partial charge in [-0.1, -0.05) is 13.8 Å². The lowest BCUT2D eigenvalue weighted by Crippen LogP contribution is -2.39. The fraction of sp³-hybridized carbons (Fsp3) is 0.733. The Balaban J connectivity index is 2.41. The zero-order valence-electron chi connectivity index (χ0n) is 12.3. The summed E-state index contributed by atoms with van der Waals surface area (Å²) < 4.78 is 5.49. The molecular weight excluding hydrogens is 226 g/mol. The van der Waals surface area contributed by atoms with Crippen LogP contribution >= 0.6 is 0 Å². The first-order valence-electron chi connectivity index (χ1n) is 6.84. The molecule has 0 bridgehead atoms. The highest BCUT2D eigenvalue weighted by Gasteiger charge is 2.26.